The van der Waals surface area contributed by atoms with Gasteiger partial charge in [-0.3, -0.25) is 19.4 Å². The molecule has 6 nitrogen and oxygen atoms in total. The fourth-order valence-electron chi connectivity index (χ4n) is 2.25. The zero-order chi connectivity index (χ0) is 15.2. The van der Waals surface area contributed by atoms with Crippen molar-refractivity contribution in [1.29, 1.82) is 0 Å². The average molecular weight is 312 g/mol. The first kappa shape index (κ1) is 15.8. The summed E-state index contributed by atoms with van der Waals surface area (Å²) >= 11 is 5.99. The van der Waals surface area contributed by atoms with Gasteiger partial charge in [0.2, 0.25) is 5.91 Å². The second kappa shape index (κ2) is 7.40. The molecule has 1 aromatic rings. The minimum Gasteiger partial charge on any atom is -0.480 e. The number of carbonyl (C=O) groups is 2. The van der Waals surface area contributed by atoms with Crippen molar-refractivity contribution < 1.29 is 14.7 Å². The summed E-state index contributed by atoms with van der Waals surface area (Å²) in [5.74, 6) is -0.935. The van der Waals surface area contributed by atoms with E-state index in [2.05, 4.69) is 5.32 Å². The van der Waals surface area contributed by atoms with Crippen LogP contribution in [0.4, 0.5) is 5.69 Å². The van der Waals surface area contributed by atoms with Crippen molar-refractivity contribution in [3.8, 4) is 0 Å². The number of anilines is 1. The smallest absolute Gasteiger partial charge is 0.317 e. The van der Waals surface area contributed by atoms with Crippen LogP contribution in [0, 0.1) is 0 Å². The van der Waals surface area contributed by atoms with Crippen molar-refractivity contribution in [3.05, 3.63) is 29.3 Å². The van der Waals surface area contributed by atoms with Crippen LogP contribution in [0.5, 0.6) is 0 Å². The van der Waals surface area contributed by atoms with E-state index in [1.54, 1.807) is 18.2 Å². The van der Waals surface area contributed by atoms with Gasteiger partial charge in [-0.25, -0.2) is 0 Å². The standard InChI is InChI=1S/C14H18ClN3O3/c15-11-3-1-2-4-12(11)16-13(19)9-17-5-7-18(8-6-17)10-14(20)21/h1-4H,5-10H2,(H,16,19)(H,20,21). The first-order chi connectivity index (χ1) is 10.0. The third-order valence-electron chi connectivity index (χ3n) is 3.34. The number of carboxylic acids is 1. The molecule has 0 unspecified atom stereocenters. The largest absolute Gasteiger partial charge is 0.480 e. The quantitative estimate of drug-likeness (QED) is 0.848. The molecule has 0 aromatic heterocycles. The number of carbonyl (C=O) groups excluding carboxylic acids is 1. The highest BCUT2D eigenvalue weighted by Crippen LogP contribution is 2.20. The Morgan fingerprint density at radius 1 is 1.10 bits per heavy atom. The molecule has 2 rings (SSSR count). The molecule has 1 aromatic carbocycles. The summed E-state index contributed by atoms with van der Waals surface area (Å²) < 4.78 is 0. The maximum absolute atomic E-state index is 12.0. The number of para-hydroxylation sites is 1. The normalized spacial score (nSPS) is 16.6. The van der Waals surface area contributed by atoms with Crippen molar-refractivity contribution in [2.45, 2.75) is 0 Å². The highest BCUT2D eigenvalue weighted by atomic mass is 35.5. The molecule has 7 heteroatoms. The van der Waals surface area contributed by atoms with Crippen molar-refractivity contribution in [1.82, 2.24) is 9.80 Å². The Hall–Kier alpha value is -1.63. The number of piperazine rings is 1. The minimum atomic E-state index is -0.820. The first-order valence-corrected chi connectivity index (χ1v) is 7.13. The molecule has 0 saturated carbocycles. The number of benzene rings is 1. The highest BCUT2D eigenvalue weighted by Gasteiger charge is 2.20. The summed E-state index contributed by atoms with van der Waals surface area (Å²) in [4.78, 5) is 26.5. The van der Waals surface area contributed by atoms with Crippen molar-refractivity contribution in [2.24, 2.45) is 0 Å². The van der Waals surface area contributed by atoms with Gasteiger partial charge in [0.15, 0.2) is 0 Å². The van der Waals surface area contributed by atoms with Crippen LogP contribution in [-0.2, 0) is 9.59 Å². The van der Waals surface area contributed by atoms with Gasteiger partial charge in [-0.1, -0.05) is 23.7 Å². The predicted octanol–water partition coefficient (Wildman–Crippen LogP) is 0.981. The Labute approximate surface area is 128 Å². The second-order valence-electron chi connectivity index (χ2n) is 4.97. The number of hydrogen-bond acceptors (Lipinski definition) is 4. The Bertz CT molecular complexity index is 516. The van der Waals surface area contributed by atoms with Crippen LogP contribution in [-0.4, -0.2) is 66.1 Å². The lowest BCUT2D eigenvalue weighted by Gasteiger charge is -2.33. The first-order valence-electron chi connectivity index (χ1n) is 6.75. The molecule has 0 atom stereocenters. The van der Waals surface area contributed by atoms with E-state index in [1.165, 1.54) is 0 Å². The molecule has 2 N–H and O–H groups in total. The van der Waals surface area contributed by atoms with Crippen LogP contribution >= 0.6 is 11.6 Å². The summed E-state index contributed by atoms with van der Waals surface area (Å²) in [5.41, 5.74) is 0.605. The zero-order valence-electron chi connectivity index (χ0n) is 11.6. The van der Waals surface area contributed by atoms with E-state index < -0.39 is 5.97 Å². The van der Waals surface area contributed by atoms with Crippen molar-refractivity contribution >= 4 is 29.2 Å². The Balaban J connectivity index is 1.77. The molecule has 21 heavy (non-hydrogen) atoms. The van der Waals surface area contributed by atoms with E-state index in [1.807, 2.05) is 15.9 Å². The monoisotopic (exact) mass is 311 g/mol. The van der Waals surface area contributed by atoms with E-state index in [4.69, 9.17) is 16.7 Å². The molecule has 1 heterocycles. The SMILES string of the molecule is O=C(O)CN1CCN(CC(=O)Nc2ccccc2Cl)CC1. The van der Waals surface area contributed by atoms with Gasteiger partial charge in [0.1, 0.15) is 0 Å². The van der Waals surface area contributed by atoms with Gasteiger partial charge in [0.05, 0.1) is 23.8 Å². The van der Waals surface area contributed by atoms with E-state index in [-0.39, 0.29) is 19.0 Å². The number of hydrogen-bond donors (Lipinski definition) is 2. The third kappa shape index (κ3) is 5.00. The lowest BCUT2D eigenvalue weighted by molar-refractivity contribution is -0.139. The number of rotatable bonds is 5. The number of carboxylic acid groups (broad SMARTS) is 1. The lowest BCUT2D eigenvalue weighted by Crippen LogP contribution is -2.49. The van der Waals surface area contributed by atoms with Crippen LogP contribution in [0.15, 0.2) is 24.3 Å². The number of nitrogens with zero attached hydrogens (tertiary/aromatic N) is 2. The van der Waals surface area contributed by atoms with Gasteiger partial charge < -0.3 is 10.4 Å². The lowest BCUT2D eigenvalue weighted by atomic mass is 10.3. The van der Waals surface area contributed by atoms with Crippen LogP contribution < -0.4 is 5.32 Å². The van der Waals surface area contributed by atoms with Gasteiger partial charge in [0, 0.05) is 26.2 Å². The maximum atomic E-state index is 12.0. The van der Waals surface area contributed by atoms with Gasteiger partial charge in [-0.05, 0) is 12.1 Å². The van der Waals surface area contributed by atoms with E-state index in [9.17, 15) is 9.59 Å². The molecule has 1 amide bonds. The Morgan fingerprint density at radius 2 is 1.67 bits per heavy atom. The van der Waals surface area contributed by atoms with Crippen LogP contribution in [0.25, 0.3) is 0 Å². The molecule has 0 aliphatic carbocycles. The molecule has 0 radical (unpaired) electrons. The number of amides is 1. The van der Waals surface area contributed by atoms with Gasteiger partial charge in [0.25, 0.3) is 0 Å². The summed E-state index contributed by atoms with van der Waals surface area (Å²) in [6.07, 6.45) is 0. The van der Waals surface area contributed by atoms with Crippen molar-refractivity contribution in [3.63, 3.8) is 0 Å². The molecule has 0 bridgehead atoms. The number of aliphatic carboxylic acids is 1. The topological polar surface area (TPSA) is 72.9 Å². The molecule has 1 aliphatic rings. The molecule has 1 saturated heterocycles. The zero-order valence-corrected chi connectivity index (χ0v) is 12.3. The molecular formula is C14H18ClN3O3. The summed E-state index contributed by atoms with van der Waals surface area (Å²) in [7, 11) is 0. The van der Waals surface area contributed by atoms with Crippen LogP contribution in [0.2, 0.25) is 5.02 Å². The second-order valence-corrected chi connectivity index (χ2v) is 5.38. The number of halogens is 1. The summed E-state index contributed by atoms with van der Waals surface area (Å²) in [6.45, 7) is 3.02. The fourth-order valence-corrected chi connectivity index (χ4v) is 2.44. The Morgan fingerprint density at radius 3 is 2.24 bits per heavy atom. The van der Waals surface area contributed by atoms with Gasteiger partial charge in [-0.15, -0.1) is 0 Å². The van der Waals surface area contributed by atoms with Gasteiger partial charge >= 0.3 is 5.97 Å². The van der Waals surface area contributed by atoms with E-state index in [0.717, 1.165) is 0 Å². The van der Waals surface area contributed by atoms with Gasteiger partial charge in [-0.2, -0.15) is 0 Å². The molecule has 1 fully saturated rings. The molecule has 114 valence electrons. The minimum absolute atomic E-state index is 0.0552. The Kier molecular flexibility index (Phi) is 5.55. The summed E-state index contributed by atoms with van der Waals surface area (Å²) in [5, 5.41) is 12.0. The predicted molar refractivity (Wildman–Crippen MR) is 80.6 cm³/mol. The van der Waals surface area contributed by atoms with Crippen molar-refractivity contribution in [2.75, 3.05) is 44.6 Å². The van der Waals surface area contributed by atoms with E-state index in [0.29, 0.717) is 36.9 Å². The van der Waals surface area contributed by atoms with Crippen LogP contribution in [0.3, 0.4) is 0 Å². The average Bonchev–Trinajstić information content (AvgIpc) is 2.43. The molecular weight excluding hydrogens is 294 g/mol. The summed E-state index contributed by atoms with van der Waals surface area (Å²) in [6, 6.07) is 7.10. The molecule has 0 spiro atoms. The maximum Gasteiger partial charge on any atom is 0.317 e. The fraction of sp³-hybridized carbons (Fsp3) is 0.429. The number of nitrogens with one attached hydrogen (secondary N) is 1. The van der Waals surface area contributed by atoms with Crippen LogP contribution in [0.1, 0.15) is 0 Å². The van der Waals surface area contributed by atoms with E-state index >= 15 is 0 Å². The third-order valence-corrected chi connectivity index (χ3v) is 3.67. The molecule has 1 aliphatic heterocycles. The highest BCUT2D eigenvalue weighted by molar-refractivity contribution is 6.33.